The molecule has 1 aromatic carbocycles. The van der Waals surface area contributed by atoms with Gasteiger partial charge in [-0.2, -0.15) is 0 Å². The Labute approximate surface area is 101 Å². The number of aliphatic hydroxyl groups excluding tert-OH is 1. The van der Waals surface area contributed by atoms with Crippen LogP contribution in [0.2, 0.25) is 0 Å². The van der Waals surface area contributed by atoms with Crippen molar-refractivity contribution < 1.29 is 5.11 Å². The first kappa shape index (κ1) is 11.6. The molecule has 1 unspecified atom stereocenters. The number of rotatable bonds is 4. The van der Waals surface area contributed by atoms with Gasteiger partial charge in [0, 0.05) is 12.4 Å². The summed E-state index contributed by atoms with van der Waals surface area (Å²) in [6.45, 7) is 2.22. The molecule has 17 heavy (non-hydrogen) atoms. The highest BCUT2D eigenvalue weighted by Gasteiger charge is 2.05. The van der Waals surface area contributed by atoms with E-state index in [9.17, 15) is 0 Å². The molecule has 0 aliphatic heterocycles. The lowest BCUT2D eigenvalue weighted by Crippen LogP contribution is -2.03. The largest absolute Gasteiger partial charge is 0.392 e. The molecule has 0 fully saturated rings. The van der Waals surface area contributed by atoms with E-state index in [1.165, 1.54) is 5.56 Å². The Hall–Kier alpha value is -1.87. The zero-order valence-electron chi connectivity index (χ0n) is 9.82. The molecule has 1 atom stereocenters. The van der Waals surface area contributed by atoms with Crippen LogP contribution in [0.4, 0.5) is 0 Å². The number of hydrogen-bond donors (Lipinski definition) is 1. The summed E-state index contributed by atoms with van der Waals surface area (Å²) >= 11 is 0. The second-order valence-corrected chi connectivity index (χ2v) is 3.94. The van der Waals surface area contributed by atoms with Crippen molar-refractivity contribution >= 4 is 6.08 Å². The highest BCUT2D eigenvalue weighted by molar-refractivity contribution is 5.49. The molecule has 1 N–H and O–H groups in total. The maximum atomic E-state index is 8.70. The van der Waals surface area contributed by atoms with Crippen LogP contribution in [0.5, 0.6) is 0 Å². The molecule has 1 aromatic heterocycles. The molecule has 0 radical (unpaired) electrons. The van der Waals surface area contributed by atoms with Crippen LogP contribution in [0, 0.1) is 0 Å². The molecule has 3 heteroatoms. The van der Waals surface area contributed by atoms with Crippen LogP contribution in [0.25, 0.3) is 6.08 Å². The Kier molecular flexibility index (Phi) is 3.73. The Morgan fingerprint density at radius 1 is 1.35 bits per heavy atom. The van der Waals surface area contributed by atoms with E-state index in [0.29, 0.717) is 0 Å². The zero-order chi connectivity index (χ0) is 12.1. The van der Waals surface area contributed by atoms with Crippen LogP contribution < -0.4 is 0 Å². The smallest absolute Gasteiger partial charge is 0.0951 e. The van der Waals surface area contributed by atoms with E-state index in [-0.39, 0.29) is 12.6 Å². The van der Waals surface area contributed by atoms with Crippen LogP contribution in [0.15, 0.2) is 49.1 Å². The van der Waals surface area contributed by atoms with Gasteiger partial charge in [-0.05, 0) is 18.1 Å². The van der Waals surface area contributed by atoms with Crippen molar-refractivity contribution in [2.75, 3.05) is 6.61 Å². The standard InChI is InChI=1S/C14H16N2O/c1-12(16-9-8-15-11-16)14-6-4-13(5-7-14)3-2-10-17/h2-9,11-12,17H,10H2,1H3/b3-2+. The molecule has 3 nitrogen and oxygen atoms in total. The molecular formula is C14H16N2O. The zero-order valence-corrected chi connectivity index (χ0v) is 9.82. The number of imidazole rings is 1. The fraction of sp³-hybridized carbons (Fsp3) is 0.214. The van der Waals surface area contributed by atoms with Gasteiger partial charge in [0.15, 0.2) is 0 Å². The highest BCUT2D eigenvalue weighted by atomic mass is 16.2. The van der Waals surface area contributed by atoms with Gasteiger partial charge in [-0.15, -0.1) is 0 Å². The molecular weight excluding hydrogens is 212 g/mol. The van der Waals surface area contributed by atoms with Crippen molar-refractivity contribution in [1.29, 1.82) is 0 Å². The van der Waals surface area contributed by atoms with Crippen LogP contribution in [0.1, 0.15) is 24.1 Å². The van der Waals surface area contributed by atoms with Gasteiger partial charge in [-0.3, -0.25) is 0 Å². The molecule has 0 aliphatic rings. The summed E-state index contributed by atoms with van der Waals surface area (Å²) in [7, 11) is 0. The van der Waals surface area contributed by atoms with Crippen molar-refractivity contribution in [2.24, 2.45) is 0 Å². The van der Waals surface area contributed by atoms with Crippen LogP contribution in [-0.4, -0.2) is 21.3 Å². The summed E-state index contributed by atoms with van der Waals surface area (Å²) in [6, 6.07) is 8.58. The lowest BCUT2D eigenvalue weighted by Gasteiger charge is -2.13. The number of hydrogen-bond acceptors (Lipinski definition) is 2. The van der Waals surface area contributed by atoms with E-state index in [2.05, 4.69) is 40.7 Å². The fourth-order valence-corrected chi connectivity index (χ4v) is 1.75. The Bertz CT molecular complexity index is 471. The first-order valence-corrected chi connectivity index (χ1v) is 5.66. The second-order valence-electron chi connectivity index (χ2n) is 3.94. The first-order chi connectivity index (χ1) is 8.31. The molecule has 0 amide bonds. The lowest BCUT2D eigenvalue weighted by molar-refractivity contribution is 0.343. The van der Waals surface area contributed by atoms with Gasteiger partial charge < -0.3 is 9.67 Å². The normalized spacial score (nSPS) is 13.1. The maximum Gasteiger partial charge on any atom is 0.0951 e. The monoisotopic (exact) mass is 228 g/mol. The summed E-state index contributed by atoms with van der Waals surface area (Å²) in [5.74, 6) is 0. The Balaban J connectivity index is 2.15. The third kappa shape index (κ3) is 2.82. The average Bonchev–Trinajstić information content (AvgIpc) is 2.90. The fourth-order valence-electron chi connectivity index (χ4n) is 1.75. The maximum absolute atomic E-state index is 8.70. The van der Waals surface area contributed by atoms with Crippen molar-refractivity contribution in [1.82, 2.24) is 9.55 Å². The summed E-state index contributed by atoms with van der Waals surface area (Å²) in [4.78, 5) is 4.05. The molecule has 2 aromatic rings. The lowest BCUT2D eigenvalue weighted by atomic mass is 10.1. The topological polar surface area (TPSA) is 38.0 Å². The molecule has 88 valence electrons. The molecule has 1 heterocycles. The minimum Gasteiger partial charge on any atom is -0.392 e. The van der Waals surface area contributed by atoms with E-state index in [1.807, 2.05) is 18.6 Å². The van der Waals surface area contributed by atoms with Crippen molar-refractivity contribution in [2.45, 2.75) is 13.0 Å². The van der Waals surface area contributed by atoms with Crippen LogP contribution in [0.3, 0.4) is 0 Å². The van der Waals surface area contributed by atoms with Gasteiger partial charge >= 0.3 is 0 Å². The van der Waals surface area contributed by atoms with Gasteiger partial charge in [0.2, 0.25) is 0 Å². The highest BCUT2D eigenvalue weighted by Crippen LogP contribution is 2.18. The second kappa shape index (κ2) is 5.46. The van der Waals surface area contributed by atoms with E-state index < -0.39 is 0 Å². The minimum atomic E-state index is 0.0766. The summed E-state index contributed by atoms with van der Waals surface area (Å²) in [5, 5.41) is 8.70. The Morgan fingerprint density at radius 3 is 2.71 bits per heavy atom. The number of aromatic nitrogens is 2. The predicted molar refractivity (Wildman–Crippen MR) is 68.6 cm³/mol. The molecule has 0 saturated heterocycles. The molecule has 0 spiro atoms. The minimum absolute atomic E-state index is 0.0766. The van der Waals surface area contributed by atoms with E-state index >= 15 is 0 Å². The molecule has 0 saturated carbocycles. The van der Waals surface area contributed by atoms with E-state index in [0.717, 1.165) is 5.56 Å². The van der Waals surface area contributed by atoms with Crippen molar-refractivity contribution in [3.8, 4) is 0 Å². The van der Waals surface area contributed by atoms with Gasteiger partial charge in [0.1, 0.15) is 0 Å². The average molecular weight is 228 g/mol. The predicted octanol–water partition coefficient (Wildman–Crippen LogP) is 2.50. The van der Waals surface area contributed by atoms with Crippen LogP contribution in [-0.2, 0) is 0 Å². The van der Waals surface area contributed by atoms with Crippen molar-refractivity contribution in [3.63, 3.8) is 0 Å². The third-order valence-electron chi connectivity index (χ3n) is 2.81. The SMILES string of the molecule is CC(c1ccc(/C=C/CO)cc1)n1ccnc1. The number of nitrogens with zero attached hydrogens (tertiary/aromatic N) is 2. The van der Waals surface area contributed by atoms with Gasteiger partial charge in [0.05, 0.1) is 19.0 Å². The number of aliphatic hydroxyl groups is 1. The summed E-state index contributed by atoms with van der Waals surface area (Å²) < 4.78 is 2.07. The van der Waals surface area contributed by atoms with Crippen molar-refractivity contribution in [3.05, 3.63) is 60.2 Å². The summed E-state index contributed by atoms with van der Waals surface area (Å²) in [5.41, 5.74) is 2.34. The molecule has 0 aliphatic carbocycles. The summed E-state index contributed by atoms with van der Waals surface area (Å²) in [6.07, 6.45) is 9.21. The van der Waals surface area contributed by atoms with E-state index in [1.54, 1.807) is 12.3 Å². The van der Waals surface area contributed by atoms with Crippen LogP contribution >= 0.6 is 0 Å². The van der Waals surface area contributed by atoms with E-state index in [4.69, 9.17) is 5.11 Å². The third-order valence-corrected chi connectivity index (χ3v) is 2.81. The van der Waals surface area contributed by atoms with Gasteiger partial charge in [-0.25, -0.2) is 4.98 Å². The Morgan fingerprint density at radius 2 is 2.12 bits per heavy atom. The molecule has 0 bridgehead atoms. The molecule has 2 rings (SSSR count). The number of benzene rings is 1. The first-order valence-electron chi connectivity index (χ1n) is 5.66. The van der Waals surface area contributed by atoms with Gasteiger partial charge in [0.25, 0.3) is 0 Å². The van der Waals surface area contributed by atoms with Gasteiger partial charge in [-0.1, -0.05) is 36.4 Å². The quantitative estimate of drug-likeness (QED) is 0.873.